The van der Waals surface area contributed by atoms with Gasteiger partial charge in [-0.2, -0.15) is 0 Å². The van der Waals surface area contributed by atoms with Gasteiger partial charge in [0.15, 0.2) is 0 Å². The number of β-amino-alcohol motifs (C(OH)–C–C–N with tert-alkyl or cyclic N) is 1. The highest BCUT2D eigenvalue weighted by atomic mass is 35.5. The van der Waals surface area contributed by atoms with Crippen molar-refractivity contribution in [3.05, 3.63) is 34.9 Å². The lowest BCUT2D eigenvalue weighted by molar-refractivity contribution is -0.129. The van der Waals surface area contributed by atoms with E-state index in [-0.39, 0.29) is 17.7 Å². The maximum Gasteiger partial charge on any atom is 0.225 e. The first-order chi connectivity index (χ1) is 9.09. The van der Waals surface area contributed by atoms with Crippen LogP contribution in [0.3, 0.4) is 0 Å². The molecule has 2 fully saturated rings. The van der Waals surface area contributed by atoms with Gasteiger partial charge in [0, 0.05) is 23.5 Å². The van der Waals surface area contributed by atoms with Gasteiger partial charge in [0.05, 0.1) is 12.5 Å². The van der Waals surface area contributed by atoms with Crippen molar-refractivity contribution in [2.75, 3.05) is 13.1 Å². The SMILES string of the molecule is O=C1CC(O)CN1CC1(c2ccc(Cl)cc2)CCC1. The molecule has 1 aromatic rings. The molecule has 2 aliphatic rings. The predicted octanol–water partition coefficient (Wildman–Crippen LogP) is 2.35. The van der Waals surface area contributed by atoms with E-state index in [9.17, 15) is 9.90 Å². The Kier molecular flexibility index (Phi) is 3.27. The fourth-order valence-corrected chi connectivity index (χ4v) is 3.34. The molecule has 1 saturated carbocycles. The molecule has 1 saturated heterocycles. The van der Waals surface area contributed by atoms with Crippen molar-refractivity contribution in [2.45, 2.75) is 37.2 Å². The summed E-state index contributed by atoms with van der Waals surface area (Å²) < 4.78 is 0. The second-order valence-corrected chi connectivity index (χ2v) is 6.21. The number of benzene rings is 1. The van der Waals surface area contributed by atoms with Crippen LogP contribution in [0.2, 0.25) is 5.02 Å². The summed E-state index contributed by atoms with van der Waals surface area (Å²) in [6.45, 7) is 1.21. The number of rotatable bonds is 3. The van der Waals surface area contributed by atoms with E-state index in [1.54, 1.807) is 0 Å². The molecule has 4 heteroatoms. The average molecular weight is 280 g/mol. The Hall–Kier alpha value is -1.06. The Labute approximate surface area is 118 Å². The molecule has 1 N–H and O–H groups in total. The quantitative estimate of drug-likeness (QED) is 0.923. The van der Waals surface area contributed by atoms with Crippen LogP contribution in [0.25, 0.3) is 0 Å². The third kappa shape index (κ3) is 2.37. The van der Waals surface area contributed by atoms with Crippen molar-refractivity contribution in [3.8, 4) is 0 Å². The van der Waals surface area contributed by atoms with Crippen molar-refractivity contribution >= 4 is 17.5 Å². The lowest BCUT2D eigenvalue weighted by Crippen LogP contribution is -2.46. The molecule has 1 amide bonds. The normalized spacial score (nSPS) is 25.5. The lowest BCUT2D eigenvalue weighted by atomic mass is 9.64. The van der Waals surface area contributed by atoms with Gasteiger partial charge in [0.25, 0.3) is 0 Å². The number of amides is 1. The monoisotopic (exact) mass is 279 g/mol. The summed E-state index contributed by atoms with van der Waals surface area (Å²) in [6, 6.07) is 7.96. The molecule has 3 rings (SSSR count). The highest BCUT2D eigenvalue weighted by Gasteiger charge is 2.42. The minimum atomic E-state index is -0.491. The van der Waals surface area contributed by atoms with Crippen LogP contribution in [0.5, 0.6) is 0 Å². The van der Waals surface area contributed by atoms with Crippen molar-refractivity contribution in [1.82, 2.24) is 4.90 Å². The summed E-state index contributed by atoms with van der Waals surface area (Å²) in [5.41, 5.74) is 1.34. The molecule has 1 aromatic carbocycles. The number of aliphatic hydroxyl groups is 1. The molecule has 0 radical (unpaired) electrons. The van der Waals surface area contributed by atoms with Crippen LogP contribution in [0, 0.1) is 0 Å². The first-order valence-corrected chi connectivity index (χ1v) is 7.19. The van der Waals surface area contributed by atoms with E-state index in [0.29, 0.717) is 6.54 Å². The third-order valence-corrected chi connectivity index (χ3v) is 4.71. The topological polar surface area (TPSA) is 40.5 Å². The summed E-state index contributed by atoms with van der Waals surface area (Å²) in [5, 5.41) is 10.3. The van der Waals surface area contributed by atoms with Gasteiger partial charge < -0.3 is 10.0 Å². The van der Waals surface area contributed by atoms with Crippen LogP contribution in [-0.2, 0) is 10.2 Å². The summed E-state index contributed by atoms with van der Waals surface area (Å²) in [5.74, 6) is 0.0766. The molecule has 1 aliphatic carbocycles. The Morgan fingerprint density at radius 1 is 1.32 bits per heavy atom. The Balaban J connectivity index is 1.80. The number of aliphatic hydroxyl groups excluding tert-OH is 1. The van der Waals surface area contributed by atoms with Gasteiger partial charge >= 0.3 is 0 Å². The van der Waals surface area contributed by atoms with Crippen molar-refractivity contribution in [1.29, 1.82) is 0 Å². The van der Waals surface area contributed by atoms with E-state index in [4.69, 9.17) is 11.6 Å². The maximum atomic E-state index is 11.8. The van der Waals surface area contributed by atoms with Gasteiger partial charge in [-0.05, 0) is 30.5 Å². The smallest absolute Gasteiger partial charge is 0.225 e. The van der Waals surface area contributed by atoms with Crippen LogP contribution < -0.4 is 0 Å². The van der Waals surface area contributed by atoms with Crippen LogP contribution in [0.4, 0.5) is 0 Å². The first-order valence-electron chi connectivity index (χ1n) is 6.81. The molecular weight excluding hydrogens is 262 g/mol. The van der Waals surface area contributed by atoms with Gasteiger partial charge in [-0.25, -0.2) is 0 Å². The van der Waals surface area contributed by atoms with Gasteiger partial charge in [-0.15, -0.1) is 0 Å². The van der Waals surface area contributed by atoms with E-state index < -0.39 is 6.10 Å². The number of nitrogens with zero attached hydrogens (tertiary/aromatic N) is 1. The minimum Gasteiger partial charge on any atom is -0.391 e. The van der Waals surface area contributed by atoms with Crippen molar-refractivity contribution in [3.63, 3.8) is 0 Å². The third-order valence-electron chi connectivity index (χ3n) is 4.45. The van der Waals surface area contributed by atoms with E-state index in [1.165, 1.54) is 12.0 Å². The maximum absolute atomic E-state index is 11.8. The second-order valence-electron chi connectivity index (χ2n) is 5.77. The predicted molar refractivity (Wildman–Crippen MR) is 74.2 cm³/mol. The standard InChI is InChI=1S/C15H18ClNO2/c16-12-4-2-11(3-5-12)15(6-1-7-15)10-17-9-13(18)8-14(17)19/h2-5,13,18H,1,6-10H2. The molecule has 1 atom stereocenters. The zero-order valence-corrected chi connectivity index (χ0v) is 11.6. The first kappa shape index (κ1) is 12.9. The molecule has 19 heavy (non-hydrogen) atoms. The number of hydrogen-bond acceptors (Lipinski definition) is 2. The Bertz CT molecular complexity index is 481. The Morgan fingerprint density at radius 3 is 2.47 bits per heavy atom. The zero-order chi connectivity index (χ0) is 13.5. The average Bonchev–Trinajstić information content (AvgIpc) is 2.64. The molecular formula is C15H18ClNO2. The van der Waals surface area contributed by atoms with Crippen molar-refractivity contribution in [2.24, 2.45) is 0 Å². The van der Waals surface area contributed by atoms with Crippen LogP contribution in [0.15, 0.2) is 24.3 Å². The molecule has 0 spiro atoms. The van der Waals surface area contributed by atoms with Gasteiger partial charge in [-0.1, -0.05) is 30.2 Å². The molecule has 0 bridgehead atoms. The van der Waals surface area contributed by atoms with E-state index in [0.717, 1.165) is 24.4 Å². The summed E-state index contributed by atoms with van der Waals surface area (Å²) in [4.78, 5) is 13.7. The number of carbonyl (C=O) groups excluding carboxylic acids is 1. The summed E-state index contributed by atoms with van der Waals surface area (Å²) >= 11 is 5.94. The van der Waals surface area contributed by atoms with Gasteiger partial charge in [0.1, 0.15) is 0 Å². The minimum absolute atomic E-state index is 0.0737. The fraction of sp³-hybridized carbons (Fsp3) is 0.533. The molecule has 1 unspecified atom stereocenters. The lowest BCUT2D eigenvalue weighted by Gasteiger charge is -2.45. The fourth-order valence-electron chi connectivity index (χ4n) is 3.21. The molecule has 0 aromatic heterocycles. The number of halogens is 1. The molecule has 1 heterocycles. The largest absolute Gasteiger partial charge is 0.391 e. The van der Waals surface area contributed by atoms with Crippen LogP contribution in [-0.4, -0.2) is 35.1 Å². The van der Waals surface area contributed by atoms with Crippen LogP contribution >= 0.6 is 11.6 Å². The molecule has 1 aliphatic heterocycles. The number of carbonyl (C=O) groups is 1. The highest BCUT2D eigenvalue weighted by molar-refractivity contribution is 6.30. The van der Waals surface area contributed by atoms with E-state index >= 15 is 0 Å². The summed E-state index contributed by atoms with van der Waals surface area (Å²) in [7, 11) is 0. The summed E-state index contributed by atoms with van der Waals surface area (Å²) in [6.07, 6.45) is 3.20. The Morgan fingerprint density at radius 2 is 2.00 bits per heavy atom. The number of hydrogen-bond donors (Lipinski definition) is 1. The second kappa shape index (κ2) is 4.80. The van der Waals surface area contributed by atoms with Crippen molar-refractivity contribution < 1.29 is 9.90 Å². The zero-order valence-electron chi connectivity index (χ0n) is 10.8. The van der Waals surface area contributed by atoms with Crippen LogP contribution in [0.1, 0.15) is 31.2 Å². The van der Waals surface area contributed by atoms with E-state index in [1.807, 2.05) is 17.0 Å². The number of likely N-dealkylation sites (tertiary alicyclic amines) is 1. The molecule has 102 valence electrons. The molecule has 3 nitrogen and oxygen atoms in total. The van der Waals surface area contributed by atoms with Gasteiger partial charge in [0.2, 0.25) is 5.91 Å². The highest BCUT2D eigenvalue weighted by Crippen LogP contribution is 2.45. The van der Waals surface area contributed by atoms with E-state index in [2.05, 4.69) is 12.1 Å². The van der Waals surface area contributed by atoms with Gasteiger partial charge in [-0.3, -0.25) is 4.79 Å².